The third-order valence-corrected chi connectivity index (χ3v) is 5.11. The molecule has 0 saturated carbocycles. The molecule has 0 atom stereocenters. The van der Waals surface area contributed by atoms with Gasteiger partial charge in [0, 0.05) is 49.6 Å². The predicted molar refractivity (Wildman–Crippen MR) is 105 cm³/mol. The molecule has 27 heavy (non-hydrogen) atoms. The maximum atomic E-state index is 11.7. The van der Waals surface area contributed by atoms with Gasteiger partial charge in [0.25, 0.3) is 0 Å². The maximum absolute atomic E-state index is 11.7. The fourth-order valence-electron chi connectivity index (χ4n) is 3.53. The monoisotopic (exact) mass is 361 g/mol. The van der Waals surface area contributed by atoms with E-state index in [1.54, 1.807) is 7.05 Å². The standard InChI is InChI=1S/C21H23N5O/c1-22-21(27)26-11-9-16(10-12-26)20-24-14-19(25-20)17-7-8-18(23-13-17)15-5-3-2-4-6-15/h2-8,13-14,16H,9-12H2,1H3,(H,22,27)(H,24,25). The first-order valence-electron chi connectivity index (χ1n) is 9.28. The summed E-state index contributed by atoms with van der Waals surface area (Å²) in [6, 6.07) is 14.2. The summed E-state index contributed by atoms with van der Waals surface area (Å²) in [5.41, 5.74) is 3.97. The Balaban J connectivity index is 1.45. The summed E-state index contributed by atoms with van der Waals surface area (Å²) < 4.78 is 0. The molecule has 1 aliphatic heterocycles. The van der Waals surface area contributed by atoms with Crippen molar-refractivity contribution in [1.82, 2.24) is 25.2 Å². The molecule has 0 bridgehead atoms. The van der Waals surface area contributed by atoms with Gasteiger partial charge in [-0.1, -0.05) is 30.3 Å². The summed E-state index contributed by atoms with van der Waals surface area (Å²) in [4.78, 5) is 26.3. The number of aromatic amines is 1. The molecule has 1 aromatic carbocycles. The molecule has 1 saturated heterocycles. The second-order valence-corrected chi connectivity index (χ2v) is 6.79. The molecule has 3 aromatic rings. The summed E-state index contributed by atoms with van der Waals surface area (Å²) in [7, 11) is 1.67. The van der Waals surface area contributed by atoms with Gasteiger partial charge in [0.1, 0.15) is 5.82 Å². The van der Waals surface area contributed by atoms with E-state index < -0.39 is 0 Å². The smallest absolute Gasteiger partial charge is 0.317 e. The molecule has 4 rings (SSSR count). The van der Waals surface area contributed by atoms with Crippen molar-refractivity contribution in [2.45, 2.75) is 18.8 Å². The van der Waals surface area contributed by atoms with Gasteiger partial charge in [-0.2, -0.15) is 0 Å². The molecule has 0 spiro atoms. The SMILES string of the molecule is CNC(=O)N1CCC(c2nc(-c3ccc(-c4ccccc4)nc3)c[nH]2)CC1. The van der Waals surface area contributed by atoms with E-state index >= 15 is 0 Å². The van der Waals surface area contributed by atoms with Gasteiger partial charge in [0.05, 0.1) is 11.4 Å². The number of hydrogen-bond donors (Lipinski definition) is 2. The van der Waals surface area contributed by atoms with Gasteiger partial charge >= 0.3 is 6.03 Å². The van der Waals surface area contributed by atoms with Gasteiger partial charge in [0.15, 0.2) is 0 Å². The number of carbonyl (C=O) groups excluding carboxylic acids is 1. The van der Waals surface area contributed by atoms with Crippen molar-refractivity contribution >= 4 is 6.03 Å². The Kier molecular flexibility index (Phi) is 4.87. The number of pyridine rings is 1. The van der Waals surface area contributed by atoms with Gasteiger partial charge in [0.2, 0.25) is 0 Å². The van der Waals surface area contributed by atoms with E-state index in [0.29, 0.717) is 5.92 Å². The minimum Gasteiger partial charge on any atom is -0.348 e. The maximum Gasteiger partial charge on any atom is 0.317 e. The molecule has 0 unspecified atom stereocenters. The van der Waals surface area contributed by atoms with Crippen LogP contribution in [0.4, 0.5) is 4.79 Å². The van der Waals surface area contributed by atoms with Crippen molar-refractivity contribution in [1.29, 1.82) is 0 Å². The number of rotatable bonds is 3. The van der Waals surface area contributed by atoms with Crippen LogP contribution in [0, 0.1) is 0 Å². The molecule has 0 radical (unpaired) electrons. The number of nitrogens with one attached hydrogen (secondary N) is 2. The van der Waals surface area contributed by atoms with E-state index in [0.717, 1.165) is 54.3 Å². The number of H-pyrrole nitrogens is 1. The van der Waals surface area contributed by atoms with Crippen LogP contribution >= 0.6 is 0 Å². The van der Waals surface area contributed by atoms with Crippen LogP contribution in [0.25, 0.3) is 22.5 Å². The average molecular weight is 361 g/mol. The number of hydrogen-bond acceptors (Lipinski definition) is 3. The summed E-state index contributed by atoms with van der Waals surface area (Å²) in [6.45, 7) is 1.52. The second-order valence-electron chi connectivity index (χ2n) is 6.79. The number of urea groups is 1. The lowest BCUT2D eigenvalue weighted by molar-refractivity contribution is 0.182. The van der Waals surface area contributed by atoms with Gasteiger partial charge in [-0.3, -0.25) is 4.98 Å². The number of carbonyl (C=O) groups is 1. The molecule has 0 aliphatic carbocycles. The lowest BCUT2D eigenvalue weighted by Crippen LogP contribution is -2.42. The van der Waals surface area contributed by atoms with E-state index in [1.807, 2.05) is 41.6 Å². The number of piperidine rings is 1. The lowest BCUT2D eigenvalue weighted by Gasteiger charge is -2.30. The number of imidazole rings is 1. The van der Waals surface area contributed by atoms with Crippen molar-refractivity contribution in [3.05, 3.63) is 60.7 Å². The molecular formula is C21H23N5O. The molecule has 2 amide bonds. The molecule has 2 aromatic heterocycles. The van der Waals surface area contributed by atoms with Crippen molar-refractivity contribution in [2.24, 2.45) is 0 Å². The zero-order valence-corrected chi connectivity index (χ0v) is 15.4. The van der Waals surface area contributed by atoms with Gasteiger partial charge in [-0.15, -0.1) is 0 Å². The Bertz CT molecular complexity index is 896. The van der Waals surface area contributed by atoms with Crippen LogP contribution in [-0.4, -0.2) is 46.0 Å². The normalized spacial score (nSPS) is 14.9. The Morgan fingerprint density at radius 2 is 1.85 bits per heavy atom. The molecular weight excluding hydrogens is 338 g/mol. The first-order valence-corrected chi connectivity index (χ1v) is 9.28. The van der Waals surface area contributed by atoms with Crippen molar-refractivity contribution in [3.8, 4) is 22.5 Å². The van der Waals surface area contributed by atoms with Crippen molar-refractivity contribution in [2.75, 3.05) is 20.1 Å². The fraction of sp³-hybridized carbons (Fsp3) is 0.286. The fourth-order valence-corrected chi connectivity index (χ4v) is 3.53. The topological polar surface area (TPSA) is 73.9 Å². The number of amides is 2. The van der Waals surface area contributed by atoms with Gasteiger partial charge in [-0.05, 0) is 25.0 Å². The molecule has 6 heteroatoms. The zero-order valence-electron chi connectivity index (χ0n) is 15.4. The summed E-state index contributed by atoms with van der Waals surface area (Å²) in [6.07, 6.45) is 5.66. The lowest BCUT2D eigenvalue weighted by atomic mass is 9.96. The van der Waals surface area contributed by atoms with Crippen LogP contribution in [0.5, 0.6) is 0 Å². The first kappa shape index (κ1) is 17.3. The Morgan fingerprint density at radius 3 is 2.52 bits per heavy atom. The third-order valence-electron chi connectivity index (χ3n) is 5.11. The number of likely N-dealkylation sites (tertiary alicyclic amines) is 1. The highest BCUT2D eigenvalue weighted by Gasteiger charge is 2.25. The number of nitrogens with zero attached hydrogens (tertiary/aromatic N) is 3. The van der Waals surface area contributed by atoms with Crippen molar-refractivity contribution < 1.29 is 4.79 Å². The summed E-state index contributed by atoms with van der Waals surface area (Å²) in [5, 5.41) is 2.69. The minimum absolute atomic E-state index is 0.00170. The highest BCUT2D eigenvalue weighted by atomic mass is 16.2. The summed E-state index contributed by atoms with van der Waals surface area (Å²) in [5.74, 6) is 1.35. The highest BCUT2D eigenvalue weighted by molar-refractivity contribution is 5.73. The van der Waals surface area contributed by atoms with E-state index in [1.165, 1.54) is 0 Å². The third kappa shape index (κ3) is 3.69. The zero-order chi connectivity index (χ0) is 18.6. The van der Waals surface area contributed by atoms with Crippen LogP contribution in [0.1, 0.15) is 24.6 Å². The quantitative estimate of drug-likeness (QED) is 0.748. The van der Waals surface area contributed by atoms with Gasteiger partial charge in [-0.25, -0.2) is 9.78 Å². The number of benzene rings is 1. The molecule has 1 fully saturated rings. The largest absolute Gasteiger partial charge is 0.348 e. The van der Waals surface area contributed by atoms with Crippen LogP contribution in [0.15, 0.2) is 54.9 Å². The summed E-state index contributed by atoms with van der Waals surface area (Å²) >= 11 is 0. The molecule has 2 N–H and O–H groups in total. The Morgan fingerprint density at radius 1 is 1.07 bits per heavy atom. The van der Waals surface area contributed by atoms with E-state index in [9.17, 15) is 4.79 Å². The second kappa shape index (κ2) is 7.61. The van der Waals surface area contributed by atoms with Crippen LogP contribution in [0.3, 0.4) is 0 Å². The van der Waals surface area contributed by atoms with E-state index in [-0.39, 0.29) is 6.03 Å². The average Bonchev–Trinajstić information content (AvgIpc) is 3.24. The highest BCUT2D eigenvalue weighted by Crippen LogP contribution is 2.28. The van der Waals surface area contributed by atoms with Crippen molar-refractivity contribution in [3.63, 3.8) is 0 Å². The van der Waals surface area contributed by atoms with Crippen LogP contribution < -0.4 is 5.32 Å². The first-order chi connectivity index (χ1) is 13.2. The van der Waals surface area contributed by atoms with Crippen LogP contribution in [-0.2, 0) is 0 Å². The van der Waals surface area contributed by atoms with Gasteiger partial charge < -0.3 is 15.2 Å². The molecule has 138 valence electrons. The Hall–Kier alpha value is -3.15. The van der Waals surface area contributed by atoms with E-state index in [4.69, 9.17) is 4.98 Å². The number of aromatic nitrogens is 3. The minimum atomic E-state index is -0.00170. The molecule has 6 nitrogen and oxygen atoms in total. The predicted octanol–water partition coefficient (Wildman–Crippen LogP) is 3.66. The van der Waals surface area contributed by atoms with E-state index in [2.05, 4.69) is 33.5 Å². The molecule has 1 aliphatic rings. The Labute approximate surface area is 158 Å². The van der Waals surface area contributed by atoms with Crippen LogP contribution in [0.2, 0.25) is 0 Å². The molecule has 3 heterocycles.